The maximum absolute atomic E-state index is 13.0. The molecule has 8 heteroatoms. The summed E-state index contributed by atoms with van der Waals surface area (Å²) in [5.41, 5.74) is 0. The third-order valence-corrected chi connectivity index (χ3v) is 4.37. The van der Waals surface area contributed by atoms with Gasteiger partial charge in [-0.1, -0.05) is 0 Å². The van der Waals surface area contributed by atoms with Crippen molar-refractivity contribution in [2.75, 3.05) is 20.2 Å². The van der Waals surface area contributed by atoms with Crippen LogP contribution in [0.15, 0.2) is 16.8 Å². The molecule has 1 unspecified atom stereocenters. The van der Waals surface area contributed by atoms with Gasteiger partial charge in [0.05, 0.1) is 13.7 Å². The maximum Gasteiger partial charge on any atom is 0.446 e. The maximum atomic E-state index is 13.0. The average molecular weight is 363 g/mol. The monoisotopic (exact) mass is 363 g/mol. The molecular formula is C18H27N4O4+. The Morgan fingerprint density at radius 1 is 1.31 bits per heavy atom. The Hall–Kier alpha value is -2.51. The summed E-state index contributed by atoms with van der Waals surface area (Å²) in [5.74, 6) is -0.805. The molecule has 2 aliphatic rings. The third-order valence-electron chi connectivity index (χ3n) is 4.37. The van der Waals surface area contributed by atoms with Crippen LogP contribution in [0.25, 0.3) is 0 Å². The molecule has 0 saturated heterocycles. The van der Waals surface area contributed by atoms with Gasteiger partial charge in [-0.05, 0) is 34.6 Å². The lowest BCUT2D eigenvalue weighted by molar-refractivity contribution is -0.408. The van der Waals surface area contributed by atoms with Crippen LogP contribution in [0.4, 0.5) is 4.79 Å². The lowest BCUT2D eigenvalue weighted by Gasteiger charge is -2.33. The minimum Gasteiger partial charge on any atom is -0.497 e. The molecule has 2 rings (SSSR count). The zero-order valence-electron chi connectivity index (χ0n) is 16.2. The number of ether oxygens (including phenoxy) is 1. The van der Waals surface area contributed by atoms with Crippen LogP contribution in [-0.2, 0) is 14.3 Å². The van der Waals surface area contributed by atoms with Gasteiger partial charge in [0.25, 0.3) is 11.7 Å². The van der Waals surface area contributed by atoms with Crippen LogP contribution in [0.1, 0.15) is 34.6 Å². The molecule has 2 aliphatic heterocycles. The molecule has 0 N–H and O–H groups in total. The zero-order chi connectivity index (χ0) is 19.6. The highest BCUT2D eigenvalue weighted by Gasteiger charge is 2.50. The van der Waals surface area contributed by atoms with Gasteiger partial charge in [-0.3, -0.25) is 9.59 Å². The van der Waals surface area contributed by atoms with Crippen molar-refractivity contribution >= 4 is 29.9 Å². The van der Waals surface area contributed by atoms with Gasteiger partial charge >= 0.3 is 11.9 Å². The van der Waals surface area contributed by atoms with Crippen LogP contribution < -0.4 is 0 Å². The van der Waals surface area contributed by atoms with Crippen molar-refractivity contribution in [1.29, 1.82) is 0 Å². The molecule has 0 aromatic heterocycles. The summed E-state index contributed by atoms with van der Waals surface area (Å²) in [5, 5.41) is 0. The van der Waals surface area contributed by atoms with Crippen LogP contribution in [0.3, 0.4) is 0 Å². The summed E-state index contributed by atoms with van der Waals surface area (Å²) in [6, 6.07) is -0.622. The van der Waals surface area contributed by atoms with Crippen LogP contribution in [0.2, 0.25) is 0 Å². The number of rotatable bonds is 6. The van der Waals surface area contributed by atoms with Crippen LogP contribution in [0.5, 0.6) is 0 Å². The first-order valence-corrected chi connectivity index (χ1v) is 8.84. The molecule has 0 saturated carbocycles. The van der Waals surface area contributed by atoms with E-state index in [4.69, 9.17) is 4.74 Å². The molecule has 4 amide bonds. The highest BCUT2D eigenvalue weighted by molar-refractivity contribution is 6.16. The number of nitrogens with zero attached hydrogens (tertiary/aromatic N) is 4. The summed E-state index contributed by atoms with van der Waals surface area (Å²) in [7, 11) is 1.55. The normalized spacial score (nSPS) is 19.9. The molecule has 0 fully saturated rings. The predicted molar refractivity (Wildman–Crippen MR) is 97.1 cm³/mol. The Morgan fingerprint density at radius 3 is 2.46 bits per heavy atom. The minimum absolute atomic E-state index is 0.0319. The Bertz CT molecular complexity index is 698. The number of fused-ring (bicyclic) bond motifs is 1. The van der Waals surface area contributed by atoms with Crippen molar-refractivity contribution in [2.24, 2.45) is 10.9 Å². The first-order chi connectivity index (χ1) is 12.2. The SMILES string of the molecule is CCOC1=CC=NC2=[N+](C)C(=O)N(CC(=O)N(C(C)C)C(C)C)C(=O)C12. The number of carbonyl (C=O) groups excluding carboxylic acids is 3. The molecule has 0 bridgehead atoms. The summed E-state index contributed by atoms with van der Waals surface area (Å²) >= 11 is 0. The molecule has 142 valence electrons. The van der Waals surface area contributed by atoms with Crippen LogP contribution in [-0.4, -0.2) is 76.6 Å². The number of hydrogen-bond acceptors (Lipinski definition) is 5. The Labute approximate surface area is 153 Å². The summed E-state index contributed by atoms with van der Waals surface area (Å²) in [6.45, 7) is 9.53. The van der Waals surface area contributed by atoms with E-state index in [9.17, 15) is 14.4 Å². The average Bonchev–Trinajstić information content (AvgIpc) is 2.56. The smallest absolute Gasteiger partial charge is 0.446 e. The Kier molecular flexibility index (Phi) is 5.94. The topological polar surface area (TPSA) is 82.3 Å². The van der Waals surface area contributed by atoms with E-state index in [1.54, 1.807) is 18.0 Å². The van der Waals surface area contributed by atoms with Crippen molar-refractivity contribution in [2.45, 2.75) is 46.7 Å². The number of urea groups is 1. The molecule has 1 atom stereocenters. The van der Waals surface area contributed by atoms with E-state index in [0.29, 0.717) is 18.2 Å². The molecule has 0 spiro atoms. The quantitative estimate of drug-likeness (QED) is 0.665. The third kappa shape index (κ3) is 3.54. The van der Waals surface area contributed by atoms with Gasteiger partial charge < -0.3 is 9.64 Å². The fourth-order valence-electron chi connectivity index (χ4n) is 3.36. The second kappa shape index (κ2) is 7.80. The van der Waals surface area contributed by atoms with Crippen molar-refractivity contribution in [3.63, 3.8) is 0 Å². The van der Waals surface area contributed by atoms with E-state index in [2.05, 4.69) is 4.99 Å². The molecule has 0 aliphatic carbocycles. The molecule has 2 heterocycles. The first-order valence-electron chi connectivity index (χ1n) is 8.84. The van der Waals surface area contributed by atoms with E-state index >= 15 is 0 Å². The van der Waals surface area contributed by atoms with E-state index < -0.39 is 17.9 Å². The number of imide groups is 1. The van der Waals surface area contributed by atoms with Gasteiger partial charge in [0.2, 0.25) is 0 Å². The number of aliphatic imine (C=N–C) groups is 1. The molecular weight excluding hydrogens is 336 g/mol. The molecule has 26 heavy (non-hydrogen) atoms. The number of allylic oxidation sites excluding steroid dienone is 1. The van der Waals surface area contributed by atoms with E-state index in [-0.39, 0.29) is 24.5 Å². The number of amides is 4. The highest BCUT2D eigenvalue weighted by Crippen LogP contribution is 2.25. The number of carbonyl (C=O) groups is 3. The zero-order valence-corrected chi connectivity index (χ0v) is 16.2. The van der Waals surface area contributed by atoms with Crippen LogP contribution >= 0.6 is 0 Å². The van der Waals surface area contributed by atoms with Crippen molar-refractivity contribution in [3.8, 4) is 0 Å². The number of dihydropyridines is 1. The number of hydrogen-bond donors (Lipinski definition) is 0. The predicted octanol–water partition coefficient (Wildman–Crippen LogP) is 1.26. The van der Waals surface area contributed by atoms with Crippen molar-refractivity contribution in [3.05, 3.63) is 11.8 Å². The minimum atomic E-state index is -0.804. The summed E-state index contributed by atoms with van der Waals surface area (Å²) in [6.07, 6.45) is 3.13. The second-order valence-electron chi connectivity index (χ2n) is 6.83. The van der Waals surface area contributed by atoms with Crippen molar-refractivity contribution < 1.29 is 23.7 Å². The van der Waals surface area contributed by atoms with E-state index in [1.807, 2.05) is 34.6 Å². The Balaban J connectivity index is 2.34. The highest BCUT2D eigenvalue weighted by atomic mass is 16.5. The van der Waals surface area contributed by atoms with E-state index in [0.717, 1.165) is 4.90 Å². The first kappa shape index (κ1) is 19.8. The summed E-state index contributed by atoms with van der Waals surface area (Å²) < 4.78 is 6.85. The molecule has 8 nitrogen and oxygen atoms in total. The molecule has 0 aromatic rings. The largest absolute Gasteiger partial charge is 0.497 e. The van der Waals surface area contributed by atoms with Gasteiger partial charge in [0.15, 0.2) is 12.5 Å². The van der Waals surface area contributed by atoms with Gasteiger partial charge in [-0.2, -0.15) is 9.48 Å². The summed E-state index contributed by atoms with van der Waals surface area (Å²) in [4.78, 5) is 45.2. The fraction of sp³-hybridized carbons (Fsp3) is 0.611. The second-order valence-corrected chi connectivity index (χ2v) is 6.83. The van der Waals surface area contributed by atoms with Gasteiger partial charge in [-0.15, -0.1) is 4.99 Å². The molecule has 0 radical (unpaired) electrons. The van der Waals surface area contributed by atoms with E-state index in [1.165, 1.54) is 10.8 Å². The fourth-order valence-corrected chi connectivity index (χ4v) is 3.36. The van der Waals surface area contributed by atoms with Crippen LogP contribution in [0, 0.1) is 5.92 Å². The lowest BCUT2D eigenvalue weighted by atomic mass is 9.99. The standard InChI is InChI=1S/C18H27N4O4/c1-7-26-13-8-9-19-16-15(13)17(24)21(18(25)20(16)6)10-14(23)22(11(2)3)12(4)5/h8-9,11-12,15H,7,10H2,1-6H3/q+1. The van der Waals surface area contributed by atoms with Gasteiger partial charge in [-0.25, -0.2) is 4.79 Å². The van der Waals surface area contributed by atoms with Gasteiger partial charge in [0, 0.05) is 18.2 Å². The Morgan fingerprint density at radius 2 is 1.92 bits per heavy atom. The lowest BCUT2D eigenvalue weighted by Crippen LogP contribution is -2.58. The van der Waals surface area contributed by atoms with Crippen molar-refractivity contribution in [1.82, 2.24) is 9.80 Å². The molecule has 0 aromatic carbocycles. The van der Waals surface area contributed by atoms with Gasteiger partial charge in [0.1, 0.15) is 12.0 Å². The number of amidine groups is 1.